The number of para-hydroxylation sites is 4. The van der Waals surface area contributed by atoms with Crippen LogP contribution in [0.5, 0.6) is 0 Å². The van der Waals surface area contributed by atoms with Crippen LogP contribution in [0.15, 0.2) is 296 Å². The minimum Gasteiger partial charge on any atom is -0.456 e. The van der Waals surface area contributed by atoms with E-state index in [0.29, 0.717) is 0 Å². The molecule has 3 heteroatoms. The van der Waals surface area contributed by atoms with Crippen molar-refractivity contribution in [2.24, 2.45) is 0 Å². The predicted molar refractivity (Wildman–Crippen MR) is 341 cm³/mol. The average Bonchev–Trinajstić information content (AvgIpc) is 1.77. The summed E-state index contributed by atoms with van der Waals surface area (Å²) in [5.41, 5.74) is 30.8. The van der Waals surface area contributed by atoms with Crippen molar-refractivity contribution in [3.05, 3.63) is 336 Å². The van der Waals surface area contributed by atoms with Crippen LogP contribution in [0.4, 0.5) is 17.1 Å². The van der Waals surface area contributed by atoms with Gasteiger partial charge in [-0.1, -0.05) is 224 Å². The lowest BCUT2D eigenvalue weighted by Gasteiger charge is -2.39. The molecule has 0 amide bonds. The summed E-state index contributed by atoms with van der Waals surface area (Å²) in [5, 5.41) is 4.82. The Labute approximate surface area is 479 Å². The van der Waals surface area contributed by atoms with Gasteiger partial charge in [-0.05, 0) is 167 Å². The standard InChI is InChI=1S/C80H48N2O/c1-7-25-65-56(17-1)57-18-2-8-26-66(57)79(65)67-27-9-3-19-58(67)59-45-44-54(48-72(59)79)81(52-40-35-49(36-41-52)51-39-46-76-64(47-51)61-21-6-14-34-75(61)83-76)53-42-37-50(38-43-53)55-23-15-30-70-77(55)63-22-4-10-28-68(63)80(70)69-29-11-13-33-74(69)82-73-32-12-5-20-60(73)62-24-16-31-71(80)78(62)82/h1-48H. The van der Waals surface area contributed by atoms with Crippen LogP contribution < -0.4 is 4.90 Å². The van der Waals surface area contributed by atoms with E-state index in [0.717, 1.165) is 50.1 Å². The quantitative estimate of drug-likeness (QED) is 0.171. The van der Waals surface area contributed by atoms with Gasteiger partial charge in [0, 0.05) is 38.6 Å². The monoisotopic (exact) mass is 1050 g/mol. The third-order valence-electron chi connectivity index (χ3n) is 19.2. The number of furan rings is 1. The molecule has 83 heavy (non-hydrogen) atoms. The van der Waals surface area contributed by atoms with E-state index in [-0.39, 0.29) is 0 Å². The second-order valence-corrected chi connectivity index (χ2v) is 23.0. The first-order chi connectivity index (χ1) is 41.2. The molecule has 384 valence electrons. The van der Waals surface area contributed by atoms with Crippen molar-refractivity contribution in [2.75, 3.05) is 4.90 Å². The van der Waals surface area contributed by atoms with E-state index in [1.54, 1.807) is 0 Å². The van der Waals surface area contributed by atoms with Crippen LogP contribution in [-0.2, 0) is 10.8 Å². The van der Waals surface area contributed by atoms with Gasteiger partial charge in [0.05, 0.1) is 27.6 Å². The van der Waals surface area contributed by atoms with Crippen LogP contribution >= 0.6 is 0 Å². The Kier molecular flexibility index (Phi) is 8.92. The Bertz CT molecular complexity index is 5220. The maximum atomic E-state index is 6.25. The molecule has 3 heterocycles. The minimum absolute atomic E-state index is 0.479. The van der Waals surface area contributed by atoms with Gasteiger partial charge in [0.25, 0.3) is 0 Å². The molecule has 19 rings (SSSR count). The Morgan fingerprint density at radius 3 is 1.48 bits per heavy atom. The zero-order chi connectivity index (χ0) is 54.1. The minimum atomic E-state index is -0.533. The number of benzene rings is 13. The third-order valence-corrected chi connectivity index (χ3v) is 19.2. The normalized spacial score (nSPS) is 15.1. The first-order valence-electron chi connectivity index (χ1n) is 28.9. The maximum Gasteiger partial charge on any atom is 0.135 e. The molecule has 0 saturated carbocycles. The van der Waals surface area contributed by atoms with Crippen LogP contribution in [0.2, 0.25) is 0 Å². The van der Waals surface area contributed by atoms with Gasteiger partial charge in [0.2, 0.25) is 0 Å². The molecule has 13 aromatic carbocycles. The zero-order valence-corrected chi connectivity index (χ0v) is 45.0. The number of hydrogen-bond acceptors (Lipinski definition) is 2. The van der Waals surface area contributed by atoms with Gasteiger partial charge < -0.3 is 13.9 Å². The molecule has 0 saturated heterocycles. The fraction of sp³-hybridized carbons (Fsp3) is 0.0250. The Hall–Kier alpha value is -10.7. The van der Waals surface area contributed by atoms with Crippen molar-refractivity contribution < 1.29 is 4.42 Å². The predicted octanol–water partition coefficient (Wildman–Crippen LogP) is 20.5. The van der Waals surface area contributed by atoms with Crippen LogP contribution in [0, 0.1) is 0 Å². The zero-order valence-electron chi connectivity index (χ0n) is 45.0. The molecule has 2 spiro atoms. The highest BCUT2D eigenvalue weighted by Gasteiger charge is 2.53. The van der Waals surface area contributed by atoms with E-state index in [2.05, 4.69) is 289 Å². The fourth-order valence-corrected chi connectivity index (χ4v) is 16.0. The summed E-state index contributed by atoms with van der Waals surface area (Å²) < 4.78 is 8.78. The van der Waals surface area contributed by atoms with E-state index < -0.39 is 10.8 Å². The lowest BCUT2D eigenvalue weighted by molar-refractivity contribution is 0.669. The number of fused-ring (bicyclic) bond motifs is 25. The van der Waals surface area contributed by atoms with Crippen molar-refractivity contribution in [3.63, 3.8) is 0 Å². The fourth-order valence-electron chi connectivity index (χ4n) is 16.0. The summed E-state index contributed by atoms with van der Waals surface area (Å²) in [5.74, 6) is 0. The van der Waals surface area contributed by atoms with Gasteiger partial charge in [0.15, 0.2) is 0 Å². The molecule has 1 aliphatic heterocycles. The van der Waals surface area contributed by atoms with Gasteiger partial charge in [0.1, 0.15) is 11.2 Å². The summed E-state index contributed by atoms with van der Waals surface area (Å²) >= 11 is 0. The highest BCUT2D eigenvalue weighted by molar-refractivity contribution is 6.13. The molecule has 1 atom stereocenters. The van der Waals surface area contributed by atoms with Crippen molar-refractivity contribution in [1.82, 2.24) is 4.57 Å². The largest absolute Gasteiger partial charge is 0.456 e. The van der Waals surface area contributed by atoms with Crippen molar-refractivity contribution in [2.45, 2.75) is 10.8 Å². The smallest absolute Gasteiger partial charge is 0.135 e. The molecular formula is C80H48N2O. The number of aromatic nitrogens is 1. The van der Waals surface area contributed by atoms with Gasteiger partial charge in [-0.3, -0.25) is 0 Å². The molecule has 3 aliphatic carbocycles. The molecular weight excluding hydrogens is 1000 g/mol. The van der Waals surface area contributed by atoms with Crippen molar-refractivity contribution >= 4 is 60.8 Å². The molecule has 0 fully saturated rings. The summed E-state index contributed by atoms with van der Waals surface area (Å²) in [6.07, 6.45) is 0. The first kappa shape index (κ1) is 45.0. The molecule has 4 aliphatic rings. The molecule has 1 unspecified atom stereocenters. The number of rotatable bonds is 5. The Morgan fingerprint density at radius 2 is 0.759 bits per heavy atom. The maximum absolute atomic E-state index is 6.25. The summed E-state index contributed by atoms with van der Waals surface area (Å²) in [6, 6.07) is 109. The van der Waals surface area contributed by atoms with Crippen LogP contribution in [0.1, 0.15) is 44.5 Å². The van der Waals surface area contributed by atoms with E-state index >= 15 is 0 Å². The van der Waals surface area contributed by atoms with Gasteiger partial charge >= 0.3 is 0 Å². The lowest BCUT2D eigenvalue weighted by atomic mass is 9.65. The van der Waals surface area contributed by atoms with Gasteiger partial charge in [-0.15, -0.1) is 0 Å². The van der Waals surface area contributed by atoms with Crippen molar-refractivity contribution in [3.8, 4) is 61.3 Å². The number of anilines is 3. The van der Waals surface area contributed by atoms with E-state index in [9.17, 15) is 0 Å². The van der Waals surface area contributed by atoms with Crippen LogP contribution in [0.3, 0.4) is 0 Å². The molecule has 0 radical (unpaired) electrons. The van der Waals surface area contributed by atoms with Gasteiger partial charge in [-0.2, -0.15) is 0 Å². The molecule has 0 bridgehead atoms. The van der Waals surface area contributed by atoms with E-state index in [4.69, 9.17) is 4.42 Å². The van der Waals surface area contributed by atoms with E-state index in [1.807, 2.05) is 12.1 Å². The second kappa shape index (κ2) is 16.4. The molecule has 15 aromatic rings. The molecule has 0 N–H and O–H groups in total. The highest BCUT2D eigenvalue weighted by atomic mass is 16.3. The second-order valence-electron chi connectivity index (χ2n) is 23.0. The van der Waals surface area contributed by atoms with Gasteiger partial charge in [-0.25, -0.2) is 0 Å². The summed E-state index contributed by atoms with van der Waals surface area (Å²) in [6.45, 7) is 0. The van der Waals surface area contributed by atoms with E-state index in [1.165, 1.54) is 117 Å². The van der Waals surface area contributed by atoms with Crippen molar-refractivity contribution in [1.29, 1.82) is 0 Å². The highest BCUT2D eigenvalue weighted by Crippen LogP contribution is 2.65. The van der Waals surface area contributed by atoms with Crippen LogP contribution in [-0.4, -0.2) is 4.57 Å². The average molecular weight is 1050 g/mol. The summed E-state index contributed by atoms with van der Waals surface area (Å²) in [7, 11) is 0. The molecule has 2 aromatic heterocycles. The Balaban J connectivity index is 0.794. The first-order valence-corrected chi connectivity index (χ1v) is 28.9. The third kappa shape index (κ3) is 5.73. The lowest BCUT2D eigenvalue weighted by Crippen LogP contribution is -2.33. The van der Waals surface area contributed by atoms with Crippen LogP contribution in [0.25, 0.3) is 105 Å². The summed E-state index contributed by atoms with van der Waals surface area (Å²) in [4.78, 5) is 2.46. The molecule has 3 nitrogen and oxygen atoms in total. The topological polar surface area (TPSA) is 21.3 Å². The number of hydrogen-bond donors (Lipinski definition) is 0. The Morgan fingerprint density at radius 1 is 0.277 bits per heavy atom. The SMILES string of the molecule is c1ccc2c(c1)-c1ccccc1C21c2ccccc2-c2ccc(N(c3ccc(-c4ccc5oc6ccccc6c5c4)cc3)c3ccc(-c4cccc5c4-c4ccccc4C54c5ccccc5-n5c6ccccc6c6cccc4c65)cc3)cc21. The number of nitrogens with zero attached hydrogens (tertiary/aromatic N) is 2.